The number of rotatable bonds is 2. The molecule has 1 saturated heterocycles. The molecule has 0 aromatic heterocycles. The first-order valence-electron chi connectivity index (χ1n) is 5.47. The number of aliphatic hydroxyl groups is 2. The van der Waals surface area contributed by atoms with Crippen LogP contribution in [0.5, 0.6) is 0 Å². The Morgan fingerprint density at radius 1 is 1.36 bits per heavy atom. The average Bonchev–Trinajstić information content (AvgIpc) is 2.10. The Bertz CT molecular complexity index is 194. The summed E-state index contributed by atoms with van der Waals surface area (Å²) < 4.78 is 0. The van der Waals surface area contributed by atoms with E-state index in [4.69, 9.17) is 5.11 Å². The second kappa shape index (κ2) is 4.17. The molecule has 2 N–H and O–H groups in total. The van der Waals surface area contributed by atoms with Crippen LogP contribution in [0.4, 0.5) is 0 Å². The molecular weight excluding hydrogens is 178 g/mol. The third-order valence-electron chi connectivity index (χ3n) is 3.89. The lowest BCUT2D eigenvalue weighted by atomic mass is 9.76. The SMILES string of the molecule is CC1CC(O)C(C)C(C)(C)N1CCO. The maximum atomic E-state index is 9.88. The van der Waals surface area contributed by atoms with Crippen LogP contribution in [0.15, 0.2) is 0 Å². The van der Waals surface area contributed by atoms with Gasteiger partial charge >= 0.3 is 0 Å². The summed E-state index contributed by atoms with van der Waals surface area (Å²) in [5, 5.41) is 18.9. The highest BCUT2D eigenvalue weighted by Gasteiger charge is 2.43. The van der Waals surface area contributed by atoms with Crippen molar-refractivity contribution in [1.82, 2.24) is 4.90 Å². The molecule has 3 heteroatoms. The standard InChI is InChI=1S/C11H23NO2/c1-8-7-10(14)9(2)11(3,4)12(8)5-6-13/h8-10,13-14H,5-7H2,1-4H3. The molecule has 1 rings (SSSR count). The van der Waals surface area contributed by atoms with Crippen LogP contribution in [0.1, 0.15) is 34.1 Å². The summed E-state index contributed by atoms with van der Waals surface area (Å²) in [7, 11) is 0. The fourth-order valence-corrected chi connectivity index (χ4v) is 2.60. The topological polar surface area (TPSA) is 43.7 Å². The molecule has 0 spiro atoms. The zero-order valence-corrected chi connectivity index (χ0v) is 9.70. The van der Waals surface area contributed by atoms with Gasteiger partial charge in [-0.1, -0.05) is 6.92 Å². The molecule has 0 aliphatic carbocycles. The first kappa shape index (κ1) is 12.0. The number of hydrogen-bond acceptors (Lipinski definition) is 3. The zero-order valence-electron chi connectivity index (χ0n) is 9.70. The van der Waals surface area contributed by atoms with Gasteiger partial charge in [-0.25, -0.2) is 0 Å². The predicted octanol–water partition coefficient (Wildman–Crippen LogP) is 0.848. The first-order valence-corrected chi connectivity index (χ1v) is 5.47. The number of β-amino-alcohol motifs (C(OH)–C–C–N with tert-alkyl or cyclic N) is 1. The van der Waals surface area contributed by atoms with Crippen LogP contribution in [-0.2, 0) is 0 Å². The first-order chi connectivity index (χ1) is 6.41. The van der Waals surface area contributed by atoms with Gasteiger partial charge in [-0.05, 0) is 33.1 Å². The van der Waals surface area contributed by atoms with Crippen molar-refractivity contribution in [3.8, 4) is 0 Å². The van der Waals surface area contributed by atoms with Gasteiger partial charge in [0.1, 0.15) is 0 Å². The molecule has 0 radical (unpaired) electrons. The molecule has 0 saturated carbocycles. The summed E-state index contributed by atoms with van der Waals surface area (Å²) in [6.45, 7) is 9.38. The van der Waals surface area contributed by atoms with Crippen molar-refractivity contribution in [2.24, 2.45) is 5.92 Å². The van der Waals surface area contributed by atoms with Crippen LogP contribution in [-0.4, -0.2) is 45.9 Å². The lowest BCUT2D eigenvalue weighted by molar-refractivity contribution is -0.0854. The fourth-order valence-electron chi connectivity index (χ4n) is 2.60. The molecule has 0 aromatic rings. The molecule has 0 bridgehead atoms. The summed E-state index contributed by atoms with van der Waals surface area (Å²) in [6.07, 6.45) is 0.597. The lowest BCUT2D eigenvalue weighted by Gasteiger charge is -2.52. The predicted molar refractivity (Wildman–Crippen MR) is 57.1 cm³/mol. The third-order valence-corrected chi connectivity index (χ3v) is 3.89. The minimum absolute atomic E-state index is 0.0280. The van der Waals surface area contributed by atoms with Gasteiger partial charge in [0.2, 0.25) is 0 Å². The number of nitrogens with zero attached hydrogens (tertiary/aromatic N) is 1. The molecule has 1 aliphatic heterocycles. The van der Waals surface area contributed by atoms with E-state index in [1.165, 1.54) is 0 Å². The third kappa shape index (κ3) is 1.95. The van der Waals surface area contributed by atoms with Crippen LogP contribution in [0.2, 0.25) is 0 Å². The van der Waals surface area contributed by atoms with Crippen molar-refractivity contribution < 1.29 is 10.2 Å². The van der Waals surface area contributed by atoms with Crippen LogP contribution >= 0.6 is 0 Å². The van der Waals surface area contributed by atoms with Crippen LogP contribution in [0, 0.1) is 5.92 Å². The van der Waals surface area contributed by atoms with E-state index in [1.807, 2.05) is 0 Å². The van der Waals surface area contributed by atoms with Crippen molar-refractivity contribution in [1.29, 1.82) is 0 Å². The van der Waals surface area contributed by atoms with Crippen molar-refractivity contribution in [2.45, 2.75) is 51.8 Å². The molecule has 14 heavy (non-hydrogen) atoms. The lowest BCUT2D eigenvalue weighted by Crippen LogP contribution is -2.61. The minimum atomic E-state index is -0.213. The fraction of sp³-hybridized carbons (Fsp3) is 1.00. The summed E-state index contributed by atoms with van der Waals surface area (Å²) in [4.78, 5) is 2.30. The van der Waals surface area contributed by atoms with Gasteiger partial charge in [0.25, 0.3) is 0 Å². The van der Waals surface area contributed by atoms with Crippen LogP contribution < -0.4 is 0 Å². The number of piperidine rings is 1. The van der Waals surface area contributed by atoms with Gasteiger partial charge < -0.3 is 10.2 Å². The Morgan fingerprint density at radius 2 is 1.93 bits per heavy atom. The molecule has 84 valence electrons. The number of likely N-dealkylation sites (tertiary alicyclic amines) is 1. The van der Waals surface area contributed by atoms with Crippen molar-refractivity contribution >= 4 is 0 Å². The monoisotopic (exact) mass is 201 g/mol. The molecule has 3 nitrogen and oxygen atoms in total. The van der Waals surface area contributed by atoms with Gasteiger partial charge in [0, 0.05) is 18.1 Å². The van der Waals surface area contributed by atoms with Gasteiger partial charge in [0.05, 0.1) is 12.7 Å². The smallest absolute Gasteiger partial charge is 0.0598 e. The van der Waals surface area contributed by atoms with E-state index in [2.05, 4.69) is 32.6 Å². The van der Waals surface area contributed by atoms with E-state index in [0.29, 0.717) is 12.6 Å². The van der Waals surface area contributed by atoms with E-state index in [0.717, 1.165) is 6.42 Å². The zero-order chi connectivity index (χ0) is 10.9. The molecule has 1 aliphatic rings. The number of hydrogen-bond donors (Lipinski definition) is 2. The van der Waals surface area contributed by atoms with E-state index in [9.17, 15) is 5.11 Å². The van der Waals surface area contributed by atoms with Gasteiger partial charge in [-0.2, -0.15) is 0 Å². The molecule has 3 unspecified atom stereocenters. The summed E-state index contributed by atoms with van der Waals surface area (Å²) in [5.41, 5.74) is -0.0280. The van der Waals surface area contributed by atoms with Gasteiger partial charge in [-0.3, -0.25) is 4.90 Å². The molecule has 3 atom stereocenters. The molecule has 1 fully saturated rings. The molecular formula is C11H23NO2. The van der Waals surface area contributed by atoms with Crippen molar-refractivity contribution in [3.63, 3.8) is 0 Å². The van der Waals surface area contributed by atoms with E-state index in [1.54, 1.807) is 0 Å². The van der Waals surface area contributed by atoms with Crippen LogP contribution in [0.3, 0.4) is 0 Å². The Kier molecular flexibility index (Phi) is 3.56. The number of aliphatic hydroxyl groups excluding tert-OH is 2. The minimum Gasteiger partial charge on any atom is -0.395 e. The molecule has 0 amide bonds. The van der Waals surface area contributed by atoms with Gasteiger partial charge in [0.15, 0.2) is 0 Å². The normalized spacial score (nSPS) is 38.6. The second-order valence-corrected chi connectivity index (χ2v) is 5.01. The Hall–Kier alpha value is -0.120. The quantitative estimate of drug-likeness (QED) is 0.696. The molecule has 1 heterocycles. The van der Waals surface area contributed by atoms with E-state index in [-0.39, 0.29) is 24.2 Å². The maximum absolute atomic E-state index is 9.88. The van der Waals surface area contributed by atoms with Crippen LogP contribution in [0.25, 0.3) is 0 Å². The highest BCUT2D eigenvalue weighted by molar-refractivity contribution is 4.97. The maximum Gasteiger partial charge on any atom is 0.0598 e. The Balaban J connectivity index is 2.81. The summed E-state index contributed by atoms with van der Waals surface area (Å²) >= 11 is 0. The van der Waals surface area contributed by atoms with Gasteiger partial charge in [-0.15, -0.1) is 0 Å². The highest BCUT2D eigenvalue weighted by atomic mass is 16.3. The summed E-state index contributed by atoms with van der Waals surface area (Å²) in [6, 6.07) is 0.350. The van der Waals surface area contributed by atoms with E-state index >= 15 is 0 Å². The largest absolute Gasteiger partial charge is 0.395 e. The highest BCUT2D eigenvalue weighted by Crippen LogP contribution is 2.36. The Morgan fingerprint density at radius 3 is 2.43 bits per heavy atom. The van der Waals surface area contributed by atoms with Crippen molar-refractivity contribution in [3.05, 3.63) is 0 Å². The molecule has 0 aromatic carbocycles. The average molecular weight is 201 g/mol. The van der Waals surface area contributed by atoms with Crippen molar-refractivity contribution in [2.75, 3.05) is 13.2 Å². The summed E-state index contributed by atoms with van der Waals surface area (Å²) in [5.74, 6) is 0.255. The second-order valence-electron chi connectivity index (χ2n) is 5.01. The van der Waals surface area contributed by atoms with E-state index < -0.39 is 0 Å². The Labute approximate surface area is 86.7 Å².